The number of fused-ring (bicyclic) bond motifs is 3. The molecule has 5 rings (SSSR count). The number of halogens is 2. The first-order valence-corrected chi connectivity index (χ1v) is 13.3. The van der Waals surface area contributed by atoms with Crippen molar-refractivity contribution in [3.63, 3.8) is 0 Å². The van der Waals surface area contributed by atoms with Crippen molar-refractivity contribution in [1.82, 2.24) is 0 Å². The Morgan fingerprint density at radius 3 is 1.41 bits per heavy atom. The van der Waals surface area contributed by atoms with Gasteiger partial charge in [0.15, 0.2) is 5.78 Å². The molecule has 0 spiro atoms. The first-order valence-electron chi connectivity index (χ1n) is 10.7. The molecule has 37 heavy (non-hydrogen) atoms. The molecule has 0 heterocycles. The summed E-state index contributed by atoms with van der Waals surface area (Å²) in [6.07, 6.45) is 0. The summed E-state index contributed by atoms with van der Waals surface area (Å²) in [5, 5.41) is 0. The second-order valence-electron chi connectivity index (χ2n) is 8.17. The summed E-state index contributed by atoms with van der Waals surface area (Å²) in [6.45, 7) is 0. The van der Waals surface area contributed by atoms with Gasteiger partial charge in [-0.1, -0.05) is 80.6 Å². The van der Waals surface area contributed by atoms with Crippen molar-refractivity contribution in [2.75, 3.05) is 0 Å². The minimum absolute atomic E-state index is 0.296. The molecular formula is C26H16F2O7S2. The monoisotopic (exact) mass is 542 g/mol. The number of carbonyl (C=O) groups excluding carboxylic acids is 1. The Morgan fingerprint density at radius 1 is 0.541 bits per heavy atom. The summed E-state index contributed by atoms with van der Waals surface area (Å²) in [5.41, 5.74) is 1.79. The zero-order valence-electron chi connectivity index (χ0n) is 18.7. The summed E-state index contributed by atoms with van der Waals surface area (Å²) in [6, 6.07) is 24.9. The maximum absolute atomic E-state index is 14.4. The number of benzene rings is 4. The van der Waals surface area contributed by atoms with Crippen LogP contribution in [0.3, 0.4) is 0 Å². The van der Waals surface area contributed by atoms with Gasteiger partial charge in [-0.05, 0) is 52.1 Å². The normalized spacial score (nSPS) is 14.4. The second kappa shape index (κ2) is 8.79. The molecule has 0 radical (unpaired) electrons. The van der Waals surface area contributed by atoms with E-state index in [1.165, 1.54) is 48.5 Å². The molecule has 188 valence electrons. The average Bonchev–Trinajstić information content (AvgIpc) is 2.84. The predicted octanol–water partition coefficient (Wildman–Crippen LogP) is 5.07. The lowest BCUT2D eigenvalue weighted by Crippen LogP contribution is -2.41. The SMILES string of the molecule is O=C1c2ccccc2-c2ccccc2C1(c1ccc(OS(=O)(=O)F)cc1)c1ccc(OS(=O)(=O)F)cc1. The van der Waals surface area contributed by atoms with E-state index in [1.807, 2.05) is 24.3 Å². The standard InChI is InChI=1S/C26H16F2O7S2/c27-36(30,31)34-19-13-9-17(10-14-19)26(18-11-15-20(16-12-18)35-37(28,32)33)24-8-4-3-6-22(24)21-5-1-2-7-23(21)25(26)29/h1-16H. The van der Waals surface area contributed by atoms with Crippen LogP contribution >= 0.6 is 0 Å². The Kier molecular flexibility index (Phi) is 5.84. The van der Waals surface area contributed by atoms with Gasteiger partial charge < -0.3 is 8.37 Å². The van der Waals surface area contributed by atoms with E-state index in [2.05, 4.69) is 8.37 Å². The van der Waals surface area contributed by atoms with Gasteiger partial charge in [-0.15, -0.1) is 0 Å². The van der Waals surface area contributed by atoms with Crippen molar-refractivity contribution in [3.05, 3.63) is 119 Å². The van der Waals surface area contributed by atoms with E-state index in [4.69, 9.17) is 0 Å². The molecule has 0 aromatic heterocycles. The molecule has 1 aliphatic carbocycles. The summed E-state index contributed by atoms with van der Waals surface area (Å²) >= 11 is 0. The van der Waals surface area contributed by atoms with Crippen LogP contribution in [0.4, 0.5) is 7.77 Å². The lowest BCUT2D eigenvalue weighted by atomic mass is 9.60. The fourth-order valence-electron chi connectivity index (χ4n) is 4.78. The molecule has 1 aliphatic rings. The molecule has 0 aliphatic heterocycles. The van der Waals surface area contributed by atoms with E-state index in [9.17, 15) is 29.4 Å². The highest BCUT2D eigenvalue weighted by Gasteiger charge is 2.49. The van der Waals surface area contributed by atoms with Crippen LogP contribution in [0.1, 0.15) is 27.0 Å². The van der Waals surface area contributed by atoms with E-state index in [0.29, 0.717) is 27.8 Å². The van der Waals surface area contributed by atoms with Crippen molar-refractivity contribution in [1.29, 1.82) is 0 Å². The van der Waals surface area contributed by atoms with Crippen LogP contribution in [-0.4, -0.2) is 22.6 Å². The highest BCUT2D eigenvalue weighted by molar-refractivity contribution is 7.82. The quantitative estimate of drug-likeness (QED) is 0.313. The Hall–Kier alpha value is -4.09. The molecule has 7 nitrogen and oxygen atoms in total. The van der Waals surface area contributed by atoms with Gasteiger partial charge in [-0.2, -0.15) is 16.8 Å². The Morgan fingerprint density at radius 2 is 0.946 bits per heavy atom. The lowest BCUT2D eigenvalue weighted by Gasteiger charge is -2.39. The van der Waals surface area contributed by atoms with Crippen molar-refractivity contribution in [3.8, 4) is 22.6 Å². The molecule has 0 saturated heterocycles. The van der Waals surface area contributed by atoms with Crippen LogP contribution < -0.4 is 8.37 Å². The van der Waals surface area contributed by atoms with Crippen molar-refractivity contribution >= 4 is 26.8 Å². The molecule has 0 atom stereocenters. The van der Waals surface area contributed by atoms with Gasteiger partial charge >= 0.3 is 21.0 Å². The molecular weight excluding hydrogens is 526 g/mol. The Bertz CT molecular complexity index is 1660. The lowest BCUT2D eigenvalue weighted by molar-refractivity contribution is 0.0933. The van der Waals surface area contributed by atoms with Crippen LogP contribution in [0.5, 0.6) is 11.5 Å². The third kappa shape index (κ3) is 4.47. The third-order valence-corrected chi connectivity index (χ3v) is 6.88. The molecule has 0 fully saturated rings. The topological polar surface area (TPSA) is 104 Å². The fourth-order valence-corrected chi connectivity index (χ4v) is 5.46. The highest BCUT2D eigenvalue weighted by Crippen LogP contribution is 2.51. The first kappa shape index (κ1) is 24.6. The zero-order chi connectivity index (χ0) is 26.4. The van der Waals surface area contributed by atoms with Crippen molar-refractivity contribution in [2.45, 2.75) is 5.41 Å². The third-order valence-electron chi connectivity index (χ3n) is 6.10. The van der Waals surface area contributed by atoms with E-state index >= 15 is 0 Å². The number of carbonyl (C=O) groups is 1. The van der Waals surface area contributed by atoms with Gasteiger partial charge in [0.2, 0.25) is 0 Å². The highest BCUT2D eigenvalue weighted by atomic mass is 32.3. The first-order chi connectivity index (χ1) is 17.5. The molecule has 0 unspecified atom stereocenters. The summed E-state index contributed by atoms with van der Waals surface area (Å²) in [5.74, 6) is -0.911. The Labute approximate surface area is 211 Å². The van der Waals surface area contributed by atoms with Crippen molar-refractivity contribution in [2.24, 2.45) is 0 Å². The number of hydrogen-bond donors (Lipinski definition) is 0. The van der Waals surface area contributed by atoms with Gasteiger partial charge in [0.1, 0.15) is 16.9 Å². The fraction of sp³-hybridized carbons (Fsp3) is 0.0385. The molecule has 0 amide bonds. The smallest absolute Gasteiger partial charge is 0.358 e. The largest absolute Gasteiger partial charge is 0.488 e. The van der Waals surface area contributed by atoms with Crippen molar-refractivity contribution < 1.29 is 37.8 Å². The van der Waals surface area contributed by atoms with Crippen LogP contribution in [0.25, 0.3) is 11.1 Å². The minimum atomic E-state index is -5.26. The molecule has 11 heteroatoms. The van der Waals surface area contributed by atoms with E-state index in [1.54, 1.807) is 24.3 Å². The maximum Gasteiger partial charge on any atom is 0.488 e. The number of hydrogen-bond acceptors (Lipinski definition) is 7. The van der Waals surface area contributed by atoms with E-state index < -0.39 is 26.4 Å². The van der Waals surface area contributed by atoms with E-state index in [0.717, 1.165) is 5.56 Å². The van der Waals surface area contributed by atoms with Gasteiger partial charge in [0.05, 0.1) is 0 Å². The van der Waals surface area contributed by atoms with Gasteiger partial charge in [-0.25, -0.2) is 0 Å². The molecule has 0 saturated carbocycles. The number of ketones is 1. The van der Waals surface area contributed by atoms with Gasteiger partial charge in [-0.3, -0.25) is 4.79 Å². The maximum atomic E-state index is 14.4. The molecule has 4 aromatic carbocycles. The minimum Gasteiger partial charge on any atom is -0.358 e. The predicted molar refractivity (Wildman–Crippen MR) is 130 cm³/mol. The average molecular weight is 543 g/mol. The Balaban J connectivity index is 1.78. The van der Waals surface area contributed by atoms with Crippen LogP contribution in [0.15, 0.2) is 97.1 Å². The molecule has 0 bridgehead atoms. The summed E-state index contributed by atoms with van der Waals surface area (Å²) in [7, 11) is -10.5. The van der Waals surface area contributed by atoms with E-state index in [-0.39, 0.29) is 17.3 Å². The number of Topliss-reactive ketones (excluding diaryl/α,β-unsaturated/α-hetero) is 1. The van der Waals surface area contributed by atoms with Crippen LogP contribution in [0.2, 0.25) is 0 Å². The molecule has 4 aromatic rings. The van der Waals surface area contributed by atoms with Gasteiger partial charge in [0, 0.05) is 5.56 Å². The van der Waals surface area contributed by atoms with Crippen LogP contribution in [0, 0.1) is 0 Å². The van der Waals surface area contributed by atoms with Crippen LogP contribution in [-0.2, 0) is 26.4 Å². The summed E-state index contributed by atoms with van der Waals surface area (Å²) in [4.78, 5) is 14.4. The number of rotatable bonds is 6. The zero-order valence-corrected chi connectivity index (χ0v) is 20.3. The van der Waals surface area contributed by atoms with Gasteiger partial charge in [0.25, 0.3) is 0 Å². The second-order valence-corrected chi connectivity index (χ2v) is 10.1. The summed E-state index contributed by atoms with van der Waals surface area (Å²) < 4.78 is 78.5. The molecule has 0 N–H and O–H groups in total.